The molecule has 136 valence electrons. The van der Waals surface area contributed by atoms with E-state index in [2.05, 4.69) is 37.6 Å². The van der Waals surface area contributed by atoms with E-state index in [0.29, 0.717) is 12.3 Å². The van der Waals surface area contributed by atoms with Gasteiger partial charge in [-0.3, -0.25) is 9.59 Å². The zero-order valence-corrected chi connectivity index (χ0v) is 15.6. The molecule has 0 bridgehead atoms. The minimum Gasteiger partial charge on any atom is -0.353 e. The first-order chi connectivity index (χ1) is 11.5. The first kappa shape index (κ1) is 19.0. The lowest BCUT2D eigenvalue weighted by atomic mass is 9.69. The number of amides is 2. The normalized spacial score (nSPS) is 31.0. The number of hydrogen-bond donors (Lipinski definition) is 1. The van der Waals surface area contributed by atoms with Gasteiger partial charge in [-0.05, 0) is 51.9 Å². The molecule has 1 saturated carbocycles. The molecule has 2 amide bonds. The van der Waals surface area contributed by atoms with Crippen LogP contribution in [0.25, 0.3) is 0 Å². The Morgan fingerprint density at radius 3 is 2.71 bits per heavy atom. The fraction of sp³-hybridized carbons (Fsp3) is 0.800. The molecule has 0 aromatic rings. The van der Waals surface area contributed by atoms with Gasteiger partial charge in [0.1, 0.15) is 0 Å². The van der Waals surface area contributed by atoms with Crippen LogP contribution >= 0.6 is 0 Å². The highest BCUT2D eigenvalue weighted by Crippen LogP contribution is 2.42. The maximum absolute atomic E-state index is 12.8. The molecule has 1 heterocycles. The molecule has 0 aromatic heterocycles. The largest absolute Gasteiger partial charge is 0.353 e. The Hall–Kier alpha value is -1.32. The summed E-state index contributed by atoms with van der Waals surface area (Å²) >= 11 is 0. The second kappa shape index (κ2) is 8.68. The highest BCUT2D eigenvalue weighted by Gasteiger charge is 2.46. The fourth-order valence-electron chi connectivity index (χ4n) is 4.48. The van der Waals surface area contributed by atoms with E-state index in [1.807, 2.05) is 6.08 Å². The molecule has 1 saturated heterocycles. The summed E-state index contributed by atoms with van der Waals surface area (Å²) in [5.41, 5.74) is 0. The lowest BCUT2D eigenvalue weighted by molar-refractivity contribution is -0.149. The Morgan fingerprint density at radius 1 is 1.33 bits per heavy atom. The first-order valence-electron chi connectivity index (χ1n) is 9.72. The van der Waals surface area contributed by atoms with Gasteiger partial charge in [-0.15, -0.1) is 6.58 Å². The molecule has 1 aliphatic carbocycles. The molecule has 24 heavy (non-hydrogen) atoms. The Morgan fingerprint density at radius 2 is 2.04 bits per heavy atom. The number of likely N-dealkylation sites (tertiary alicyclic amines) is 1. The number of allylic oxidation sites excluding steroid dienone is 1. The van der Waals surface area contributed by atoms with Crippen LogP contribution in [0.1, 0.15) is 72.1 Å². The molecule has 5 unspecified atom stereocenters. The van der Waals surface area contributed by atoms with E-state index in [1.165, 1.54) is 12.8 Å². The smallest absolute Gasteiger partial charge is 0.223 e. The Bertz CT molecular complexity index is 463. The van der Waals surface area contributed by atoms with E-state index in [0.717, 1.165) is 32.1 Å². The number of piperidine rings is 1. The first-order valence-corrected chi connectivity index (χ1v) is 9.72. The maximum Gasteiger partial charge on any atom is 0.223 e. The fourth-order valence-corrected chi connectivity index (χ4v) is 4.48. The summed E-state index contributed by atoms with van der Waals surface area (Å²) in [5, 5.41) is 3.18. The van der Waals surface area contributed by atoms with Crippen LogP contribution < -0.4 is 5.32 Å². The van der Waals surface area contributed by atoms with Crippen LogP contribution in [0.5, 0.6) is 0 Å². The number of carbonyl (C=O) groups excluding carboxylic acids is 2. The van der Waals surface area contributed by atoms with Gasteiger partial charge >= 0.3 is 0 Å². The van der Waals surface area contributed by atoms with Crippen LogP contribution in [0.4, 0.5) is 0 Å². The third-order valence-electron chi connectivity index (χ3n) is 5.91. The number of hydrogen-bond acceptors (Lipinski definition) is 2. The second-order valence-corrected chi connectivity index (χ2v) is 7.65. The van der Waals surface area contributed by atoms with Gasteiger partial charge in [0.2, 0.25) is 11.8 Å². The van der Waals surface area contributed by atoms with E-state index in [9.17, 15) is 9.59 Å². The molecule has 2 aliphatic rings. The molecule has 0 radical (unpaired) electrons. The van der Waals surface area contributed by atoms with Gasteiger partial charge in [-0.25, -0.2) is 0 Å². The Kier molecular flexibility index (Phi) is 6.88. The predicted molar refractivity (Wildman–Crippen MR) is 97.5 cm³/mol. The summed E-state index contributed by atoms with van der Waals surface area (Å²) in [6.07, 6.45) is 9.29. The van der Waals surface area contributed by atoms with Gasteiger partial charge < -0.3 is 10.2 Å². The standard InChI is InChI=1S/C20H34N2O2/c1-5-7-12-19(23)22-15(4)13-17(20(24)21-14(3)6-2)16-10-8-9-11-18(16)22/h5,14-18H,1,6-13H2,2-4H3,(H,21,24). The number of rotatable bonds is 6. The SMILES string of the molecule is C=CCCC(=O)N1C(C)CC(C(=O)NC(C)CC)C2CCCCC21. The lowest BCUT2D eigenvalue weighted by Crippen LogP contribution is -2.59. The van der Waals surface area contributed by atoms with Crippen LogP contribution in [-0.2, 0) is 9.59 Å². The van der Waals surface area contributed by atoms with Crippen molar-refractivity contribution < 1.29 is 9.59 Å². The predicted octanol–water partition coefficient (Wildman–Crippen LogP) is 3.66. The zero-order chi connectivity index (χ0) is 17.7. The van der Waals surface area contributed by atoms with Crippen LogP contribution in [0.15, 0.2) is 12.7 Å². The quantitative estimate of drug-likeness (QED) is 0.754. The topological polar surface area (TPSA) is 49.4 Å². The van der Waals surface area contributed by atoms with E-state index in [4.69, 9.17) is 0 Å². The summed E-state index contributed by atoms with van der Waals surface area (Å²) < 4.78 is 0. The second-order valence-electron chi connectivity index (χ2n) is 7.65. The van der Waals surface area contributed by atoms with Crippen LogP contribution in [0, 0.1) is 11.8 Å². The van der Waals surface area contributed by atoms with Crippen molar-refractivity contribution in [1.29, 1.82) is 0 Å². The monoisotopic (exact) mass is 334 g/mol. The molecule has 0 spiro atoms. The molecular formula is C20H34N2O2. The van der Waals surface area contributed by atoms with Crippen LogP contribution in [0.3, 0.4) is 0 Å². The minimum atomic E-state index is 0.0581. The molecule has 1 N–H and O–H groups in total. The van der Waals surface area contributed by atoms with Crippen molar-refractivity contribution in [3.05, 3.63) is 12.7 Å². The number of nitrogens with one attached hydrogen (secondary N) is 1. The van der Waals surface area contributed by atoms with Crippen molar-refractivity contribution in [3.63, 3.8) is 0 Å². The lowest BCUT2D eigenvalue weighted by Gasteiger charge is -2.51. The Labute approximate surface area is 147 Å². The summed E-state index contributed by atoms with van der Waals surface area (Å²) in [6.45, 7) is 9.99. The van der Waals surface area contributed by atoms with Crippen LogP contribution in [0.2, 0.25) is 0 Å². The molecule has 2 rings (SSSR count). The van der Waals surface area contributed by atoms with Gasteiger partial charge in [0.05, 0.1) is 0 Å². The molecule has 0 aromatic carbocycles. The van der Waals surface area contributed by atoms with Gasteiger partial charge in [0, 0.05) is 30.5 Å². The minimum absolute atomic E-state index is 0.0581. The summed E-state index contributed by atoms with van der Waals surface area (Å²) in [5.74, 6) is 0.820. The zero-order valence-electron chi connectivity index (χ0n) is 15.6. The van der Waals surface area contributed by atoms with Crippen molar-refractivity contribution in [1.82, 2.24) is 10.2 Å². The molecule has 5 atom stereocenters. The van der Waals surface area contributed by atoms with Crippen molar-refractivity contribution in [2.45, 2.75) is 90.3 Å². The van der Waals surface area contributed by atoms with Crippen molar-refractivity contribution >= 4 is 11.8 Å². The third-order valence-corrected chi connectivity index (χ3v) is 5.91. The van der Waals surface area contributed by atoms with Crippen LogP contribution in [-0.4, -0.2) is 34.8 Å². The number of fused-ring (bicyclic) bond motifs is 1. The van der Waals surface area contributed by atoms with Crippen molar-refractivity contribution in [2.24, 2.45) is 11.8 Å². The Balaban J connectivity index is 2.14. The van der Waals surface area contributed by atoms with E-state index >= 15 is 0 Å². The average Bonchev–Trinajstić information content (AvgIpc) is 2.58. The molecule has 4 nitrogen and oxygen atoms in total. The van der Waals surface area contributed by atoms with E-state index in [-0.39, 0.29) is 35.9 Å². The maximum atomic E-state index is 12.8. The molecular weight excluding hydrogens is 300 g/mol. The van der Waals surface area contributed by atoms with Gasteiger partial charge in [0.15, 0.2) is 0 Å². The number of carbonyl (C=O) groups is 2. The van der Waals surface area contributed by atoms with Gasteiger partial charge in [-0.1, -0.05) is 25.8 Å². The van der Waals surface area contributed by atoms with Gasteiger partial charge in [-0.2, -0.15) is 0 Å². The van der Waals surface area contributed by atoms with Crippen molar-refractivity contribution in [2.75, 3.05) is 0 Å². The number of nitrogens with zero attached hydrogens (tertiary/aromatic N) is 1. The molecule has 2 fully saturated rings. The van der Waals surface area contributed by atoms with Crippen molar-refractivity contribution in [3.8, 4) is 0 Å². The highest BCUT2D eigenvalue weighted by atomic mass is 16.2. The average molecular weight is 335 g/mol. The third kappa shape index (κ3) is 4.20. The van der Waals surface area contributed by atoms with E-state index < -0.39 is 0 Å². The highest BCUT2D eigenvalue weighted by molar-refractivity contribution is 5.81. The van der Waals surface area contributed by atoms with E-state index in [1.54, 1.807) is 0 Å². The molecule has 1 aliphatic heterocycles. The summed E-state index contributed by atoms with van der Waals surface area (Å²) in [6, 6.07) is 0.615. The summed E-state index contributed by atoms with van der Waals surface area (Å²) in [7, 11) is 0. The summed E-state index contributed by atoms with van der Waals surface area (Å²) in [4.78, 5) is 27.6. The molecule has 4 heteroatoms. The van der Waals surface area contributed by atoms with Gasteiger partial charge in [0.25, 0.3) is 0 Å².